The van der Waals surface area contributed by atoms with Crippen molar-refractivity contribution in [2.75, 3.05) is 13.1 Å². The highest BCUT2D eigenvalue weighted by molar-refractivity contribution is 6.32. The first-order chi connectivity index (χ1) is 7.18. The fraction of sp³-hybridized carbons (Fsp3) is 0.667. The zero-order valence-electron chi connectivity index (χ0n) is 8.24. The van der Waals surface area contributed by atoms with Crippen molar-refractivity contribution in [3.05, 3.63) is 0 Å². The molecule has 0 aromatic rings. The molecule has 15 heavy (non-hydrogen) atoms. The number of likely N-dealkylation sites (tertiary alicyclic amines) is 1. The molecule has 2 aliphatic rings. The van der Waals surface area contributed by atoms with Crippen LogP contribution in [0.2, 0.25) is 0 Å². The Morgan fingerprint density at radius 1 is 1.73 bits per heavy atom. The molecule has 0 radical (unpaired) electrons. The summed E-state index contributed by atoms with van der Waals surface area (Å²) in [5.74, 6) is 0.419. The minimum Gasteiger partial charge on any atom is -0.358 e. The van der Waals surface area contributed by atoms with Gasteiger partial charge >= 0.3 is 0 Å². The number of aliphatic imine (C=N–C) groups is 1. The predicted octanol–water partition coefficient (Wildman–Crippen LogP) is 0.194. The van der Waals surface area contributed by atoms with Crippen molar-refractivity contribution in [1.82, 2.24) is 10.2 Å². The van der Waals surface area contributed by atoms with E-state index in [-0.39, 0.29) is 11.9 Å². The number of halogens is 1. The van der Waals surface area contributed by atoms with E-state index in [2.05, 4.69) is 10.3 Å². The van der Waals surface area contributed by atoms with Crippen molar-refractivity contribution in [2.45, 2.75) is 24.3 Å². The lowest BCUT2D eigenvalue weighted by Gasteiger charge is -2.26. The number of amidine groups is 1. The number of rotatable bonds is 2. The topological polar surface area (TPSA) is 68.6 Å². The largest absolute Gasteiger partial charge is 0.358 e. The standard InChI is InChI=1S/C9H13ClN4O/c10-8-6(12-5-13-9(8)15)4-14-3-1-2-7(14)11/h5-6,8,11H,1-4H2,(H,12,13,15)/t6-,8+/m1/s1. The lowest BCUT2D eigenvalue weighted by atomic mass is 10.1. The van der Waals surface area contributed by atoms with Crippen molar-refractivity contribution >= 4 is 29.7 Å². The Morgan fingerprint density at radius 2 is 2.53 bits per heavy atom. The van der Waals surface area contributed by atoms with E-state index in [0.717, 1.165) is 19.4 Å². The molecule has 0 aliphatic carbocycles. The van der Waals surface area contributed by atoms with Crippen LogP contribution in [0.1, 0.15) is 12.8 Å². The number of carbonyl (C=O) groups is 1. The summed E-state index contributed by atoms with van der Waals surface area (Å²) >= 11 is 5.94. The summed E-state index contributed by atoms with van der Waals surface area (Å²) in [6.45, 7) is 1.44. The summed E-state index contributed by atoms with van der Waals surface area (Å²) < 4.78 is 0. The third kappa shape index (κ3) is 2.12. The van der Waals surface area contributed by atoms with Gasteiger partial charge in [0.05, 0.1) is 18.2 Å². The second kappa shape index (κ2) is 4.18. The van der Waals surface area contributed by atoms with Gasteiger partial charge in [0, 0.05) is 19.5 Å². The van der Waals surface area contributed by atoms with Crippen LogP contribution in [0.4, 0.5) is 0 Å². The fourth-order valence-electron chi connectivity index (χ4n) is 1.82. The number of nitrogens with zero attached hydrogens (tertiary/aromatic N) is 2. The van der Waals surface area contributed by atoms with E-state index in [1.807, 2.05) is 4.90 Å². The highest BCUT2D eigenvalue weighted by Gasteiger charge is 2.31. The molecule has 0 aromatic heterocycles. The lowest BCUT2D eigenvalue weighted by Crippen LogP contribution is -2.47. The molecule has 2 heterocycles. The van der Waals surface area contributed by atoms with Gasteiger partial charge in [0.25, 0.3) is 0 Å². The Balaban J connectivity index is 1.99. The van der Waals surface area contributed by atoms with Crippen LogP contribution in [0, 0.1) is 5.41 Å². The molecule has 1 fully saturated rings. The minimum atomic E-state index is -0.622. The summed E-state index contributed by atoms with van der Waals surface area (Å²) in [5.41, 5.74) is 0. The third-order valence-corrected chi connectivity index (χ3v) is 3.18. The molecular weight excluding hydrogens is 216 g/mol. The average Bonchev–Trinajstić information content (AvgIpc) is 2.60. The van der Waals surface area contributed by atoms with Gasteiger partial charge in [-0.25, -0.2) is 0 Å². The SMILES string of the molecule is N=C1CCCN1C[C@H]1N=CNC(=O)[C@H]1Cl. The van der Waals surface area contributed by atoms with E-state index >= 15 is 0 Å². The van der Waals surface area contributed by atoms with Gasteiger partial charge in [-0.2, -0.15) is 0 Å². The summed E-state index contributed by atoms with van der Waals surface area (Å²) in [6.07, 6.45) is 3.22. The molecule has 1 amide bonds. The second-order valence-electron chi connectivity index (χ2n) is 3.75. The molecule has 2 aliphatic heterocycles. The van der Waals surface area contributed by atoms with E-state index in [1.165, 1.54) is 6.34 Å². The molecule has 2 atom stereocenters. The third-order valence-electron chi connectivity index (χ3n) is 2.69. The number of hydrogen-bond donors (Lipinski definition) is 2. The summed E-state index contributed by atoms with van der Waals surface area (Å²) in [5, 5.41) is 9.51. The second-order valence-corrected chi connectivity index (χ2v) is 4.22. The van der Waals surface area contributed by atoms with Crippen LogP contribution >= 0.6 is 11.6 Å². The van der Waals surface area contributed by atoms with E-state index in [4.69, 9.17) is 17.0 Å². The molecule has 2 N–H and O–H groups in total. The summed E-state index contributed by atoms with van der Waals surface area (Å²) in [4.78, 5) is 17.3. The lowest BCUT2D eigenvalue weighted by molar-refractivity contribution is -0.119. The van der Waals surface area contributed by atoms with E-state index in [9.17, 15) is 4.79 Å². The van der Waals surface area contributed by atoms with Crippen LogP contribution in [0.15, 0.2) is 4.99 Å². The normalized spacial score (nSPS) is 30.9. The molecule has 0 aromatic carbocycles. The number of alkyl halides is 1. The van der Waals surface area contributed by atoms with Crippen LogP contribution in [-0.2, 0) is 4.79 Å². The molecular formula is C9H13ClN4O. The summed E-state index contributed by atoms with van der Waals surface area (Å²) in [7, 11) is 0. The molecule has 1 saturated heterocycles. The van der Waals surface area contributed by atoms with Crippen LogP contribution in [0.3, 0.4) is 0 Å². The number of carbonyl (C=O) groups excluding carboxylic acids is 1. The van der Waals surface area contributed by atoms with Crippen LogP contribution < -0.4 is 5.32 Å². The van der Waals surface area contributed by atoms with Crippen LogP contribution in [0.5, 0.6) is 0 Å². The van der Waals surface area contributed by atoms with Gasteiger partial charge in [0.15, 0.2) is 0 Å². The molecule has 0 saturated carbocycles. The number of amides is 1. The monoisotopic (exact) mass is 228 g/mol. The Bertz CT molecular complexity index is 317. The van der Waals surface area contributed by atoms with Crippen LogP contribution in [-0.4, -0.2) is 47.5 Å². The maximum absolute atomic E-state index is 11.3. The molecule has 0 unspecified atom stereocenters. The maximum Gasteiger partial charge on any atom is 0.245 e. The molecule has 5 nitrogen and oxygen atoms in total. The zero-order chi connectivity index (χ0) is 10.8. The Morgan fingerprint density at radius 3 is 3.20 bits per heavy atom. The molecule has 82 valence electrons. The highest BCUT2D eigenvalue weighted by atomic mass is 35.5. The van der Waals surface area contributed by atoms with Gasteiger partial charge < -0.3 is 10.2 Å². The molecule has 0 bridgehead atoms. The van der Waals surface area contributed by atoms with E-state index < -0.39 is 5.38 Å². The Labute approximate surface area is 93.0 Å². The van der Waals surface area contributed by atoms with Gasteiger partial charge in [0.2, 0.25) is 5.91 Å². The first-order valence-electron chi connectivity index (χ1n) is 4.97. The maximum atomic E-state index is 11.3. The van der Waals surface area contributed by atoms with Crippen LogP contribution in [0.25, 0.3) is 0 Å². The first kappa shape index (κ1) is 10.4. The van der Waals surface area contributed by atoms with Crippen molar-refractivity contribution < 1.29 is 4.79 Å². The number of nitrogens with one attached hydrogen (secondary N) is 2. The predicted molar refractivity (Wildman–Crippen MR) is 58.6 cm³/mol. The van der Waals surface area contributed by atoms with Gasteiger partial charge in [-0.15, -0.1) is 11.6 Å². The van der Waals surface area contributed by atoms with Crippen molar-refractivity contribution in [3.63, 3.8) is 0 Å². The molecule has 0 spiro atoms. The van der Waals surface area contributed by atoms with Crippen molar-refractivity contribution in [3.8, 4) is 0 Å². The molecule has 2 rings (SSSR count). The Kier molecular flexibility index (Phi) is 2.90. The highest BCUT2D eigenvalue weighted by Crippen LogP contribution is 2.16. The molecule has 6 heteroatoms. The van der Waals surface area contributed by atoms with Gasteiger partial charge in [-0.05, 0) is 6.42 Å². The minimum absolute atomic E-state index is 0.206. The van der Waals surface area contributed by atoms with Gasteiger partial charge in [-0.3, -0.25) is 15.2 Å². The first-order valence-corrected chi connectivity index (χ1v) is 5.40. The average molecular weight is 229 g/mol. The zero-order valence-corrected chi connectivity index (χ0v) is 9.00. The quantitative estimate of drug-likeness (QED) is 0.663. The van der Waals surface area contributed by atoms with E-state index in [1.54, 1.807) is 0 Å². The van der Waals surface area contributed by atoms with E-state index in [0.29, 0.717) is 12.4 Å². The fourth-order valence-corrected chi connectivity index (χ4v) is 2.03. The van der Waals surface area contributed by atoms with Crippen molar-refractivity contribution in [2.24, 2.45) is 4.99 Å². The van der Waals surface area contributed by atoms with Crippen molar-refractivity contribution in [1.29, 1.82) is 5.41 Å². The number of hydrogen-bond acceptors (Lipinski definition) is 3. The van der Waals surface area contributed by atoms with Gasteiger partial charge in [0.1, 0.15) is 5.38 Å². The van der Waals surface area contributed by atoms with Gasteiger partial charge in [-0.1, -0.05) is 0 Å². The summed E-state index contributed by atoms with van der Waals surface area (Å²) in [6, 6.07) is -0.237. The Hall–Kier alpha value is -1.10. The smallest absolute Gasteiger partial charge is 0.245 e.